The summed E-state index contributed by atoms with van der Waals surface area (Å²) in [5.74, 6) is 2.13. The van der Waals surface area contributed by atoms with Crippen LogP contribution < -0.4 is 19.1 Å². The standard InChI is InChI=1S/C27H37N3O5S.H3O4P/c1-5-11-29(19-9-12-34-13-10-19)25-26(33-4)28-30-21(17-36-27(25)30)24-22(31-2)14-18(15-23(24)32-3)16-35-20-7-6-8-20;1-5(2,3)4/h14-15,17,19-20H,5-13,16H2,1-4H3;(H3,1,2,3,4). The average molecular weight is 614 g/mol. The van der Waals surface area contributed by atoms with E-state index >= 15 is 0 Å². The zero-order valence-corrected chi connectivity index (χ0v) is 25.7. The van der Waals surface area contributed by atoms with Gasteiger partial charge in [-0.1, -0.05) is 6.92 Å². The van der Waals surface area contributed by atoms with Crippen molar-refractivity contribution in [1.82, 2.24) is 9.61 Å². The molecule has 228 valence electrons. The van der Waals surface area contributed by atoms with Crippen molar-refractivity contribution in [3.05, 3.63) is 23.1 Å². The van der Waals surface area contributed by atoms with Gasteiger partial charge in [0.1, 0.15) is 22.0 Å². The zero-order valence-electron chi connectivity index (χ0n) is 23.9. The molecule has 5 rings (SSSR count). The smallest absolute Gasteiger partial charge is 0.466 e. The molecule has 3 heterocycles. The Morgan fingerprint density at radius 1 is 1.07 bits per heavy atom. The molecule has 0 spiro atoms. The maximum Gasteiger partial charge on any atom is 0.466 e. The van der Waals surface area contributed by atoms with Crippen LogP contribution in [0.5, 0.6) is 17.4 Å². The molecule has 1 aliphatic carbocycles. The van der Waals surface area contributed by atoms with E-state index < -0.39 is 7.82 Å². The Hall–Kier alpha value is -2.38. The summed E-state index contributed by atoms with van der Waals surface area (Å²) in [6, 6.07) is 4.50. The molecule has 3 aromatic rings. The summed E-state index contributed by atoms with van der Waals surface area (Å²) < 4.78 is 40.1. The van der Waals surface area contributed by atoms with Gasteiger partial charge < -0.3 is 43.3 Å². The minimum Gasteiger partial charge on any atom is -0.496 e. The lowest BCUT2D eigenvalue weighted by Gasteiger charge is -2.35. The quantitative estimate of drug-likeness (QED) is 0.261. The summed E-state index contributed by atoms with van der Waals surface area (Å²) in [6.07, 6.45) is 6.97. The van der Waals surface area contributed by atoms with Crippen LogP contribution in [0.4, 0.5) is 5.69 Å². The van der Waals surface area contributed by atoms with Gasteiger partial charge in [-0.2, -0.15) is 0 Å². The molecule has 0 unspecified atom stereocenters. The molecule has 0 radical (unpaired) electrons. The summed E-state index contributed by atoms with van der Waals surface area (Å²) in [4.78, 5) is 25.1. The van der Waals surface area contributed by atoms with Gasteiger partial charge in [0.15, 0.2) is 0 Å². The fourth-order valence-electron chi connectivity index (χ4n) is 5.12. The molecule has 1 aromatic carbocycles. The summed E-state index contributed by atoms with van der Waals surface area (Å²) in [5.41, 5.74) is 3.90. The predicted molar refractivity (Wildman–Crippen MR) is 156 cm³/mol. The second-order valence-corrected chi connectivity index (χ2v) is 11.9. The van der Waals surface area contributed by atoms with E-state index in [1.165, 1.54) is 6.42 Å². The summed E-state index contributed by atoms with van der Waals surface area (Å²) in [6.45, 7) is 5.29. The molecular weight excluding hydrogens is 573 g/mol. The second-order valence-electron chi connectivity index (χ2n) is 9.99. The van der Waals surface area contributed by atoms with Crippen LogP contribution in [-0.2, 0) is 20.6 Å². The molecule has 2 aromatic heterocycles. The SMILES string of the molecule is CCCN(c1c(OC)nn2c(-c3c(OC)cc(COC4CCC4)cc3OC)csc12)C1CCOCC1.O=P(O)(O)O. The molecule has 12 nitrogen and oxygen atoms in total. The number of methoxy groups -OCH3 is 3. The van der Waals surface area contributed by atoms with Crippen molar-refractivity contribution in [2.24, 2.45) is 0 Å². The maximum atomic E-state index is 8.88. The van der Waals surface area contributed by atoms with Crippen molar-refractivity contribution in [2.45, 2.75) is 64.2 Å². The van der Waals surface area contributed by atoms with Gasteiger partial charge in [-0.15, -0.1) is 16.4 Å². The number of phosphoric acid groups is 1. The van der Waals surface area contributed by atoms with E-state index in [-0.39, 0.29) is 0 Å². The largest absolute Gasteiger partial charge is 0.496 e. The van der Waals surface area contributed by atoms with Crippen molar-refractivity contribution in [1.29, 1.82) is 0 Å². The molecule has 2 fully saturated rings. The Kier molecular flexibility index (Phi) is 10.9. The second kappa shape index (κ2) is 14.2. The number of aromatic nitrogens is 2. The van der Waals surface area contributed by atoms with Crippen LogP contribution in [-0.4, -0.2) is 77.5 Å². The first kappa shape index (κ1) is 31.6. The summed E-state index contributed by atoms with van der Waals surface area (Å²) in [7, 11) is 0.449. The van der Waals surface area contributed by atoms with Gasteiger partial charge in [-0.05, 0) is 56.2 Å². The van der Waals surface area contributed by atoms with Gasteiger partial charge >= 0.3 is 7.82 Å². The average Bonchev–Trinajstić information content (AvgIpc) is 3.49. The third-order valence-corrected chi connectivity index (χ3v) is 8.17. The van der Waals surface area contributed by atoms with Gasteiger partial charge in [-0.25, -0.2) is 9.08 Å². The number of ether oxygens (including phenoxy) is 5. The van der Waals surface area contributed by atoms with Gasteiger partial charge in [0.2, 0.25) is 0 Å². The number of nitrogens with zero attached hydrogens (tertiary/aromatic N) is 3. The zero-order chi connectivity index (χ0) is 29.6. The molecule has 3 N–H and O–H groups in total. The van der Waals surface area contributed by atoms with Crippen LogP contribution in [0.15, 0.2) is 17.5 Å². The highest BCUT2D eigenvalue weighted by Gasteiger charge is 2.30. The monoisotopic (exact) mass is 613 g/mol. The minimum absolute atomic E-state index is 0.370. The number of fused-ring (bicyclic) bond motifs is 1. The molecule has 1 aliphatic heterocycles. The first-order valence-corrected chi connectivity index (χ1v) is 16.2. The Bertz CT molecular complexity index is 1300. The van der Waals surface area contributed by atoms with E-state index in [4.69, 9.17) is 48.0 Å². The Morgan fingerprint density at radius 3 is 2.22 bits per heavy atom. The van der Waals surface area contributed by atoms with Gasteiger partial charge in [0, 0.05) is 31.2 Å². The molecule has 0 amide bonds. The highest BCUT2D eigenvalue weighted by molar-refractivity contribution is 7.45. The topological polar surface area (TPSA) is 144 Å². The lowest BCUT2D eigenvalue weighted by Crippen LogP contribution is -2.40. The Labute approximate surface area is 244 Å². The first-order valence-electron chi connectivity index (χ1n) is 13.7. The lowest BCUT2D eigenvalue weighted by atomic mass is 9.96. The highest BCUT2D eigenvalue weighted by Crippen LogP contribution is 2.46. The molecule has 1 saturated carbocycles. The number of rotatable bonds is 11. The molecule has 2 aliphatic rings. The molecular formula is C27H40N3O9PS. The predicted octanol–water partition coefficient (Wildman–Crippen LogP) is 4.62. The van der Waals surface area contributed by atoms with Crippen molar-refractivity contribution in [3.8, 4) is 28.6 Å². The van der Waals surface area contributed by atoms with Crippen LogP contribution in [0.25, 0.3) is 16.1 Å². The van der Waals surface area contributed by atoms with E-state index in [1.54, 1.807) is 32.7 Å². The van der Waals surface area contributed by atoms with Crippen LogP contribution in [0, 0.1) is 0 Å². The summed E-state index contributed by atoms with van der Waals surface area (Å²) in [5, 5.41) is 7.04. The Morgan fingerprint density at radius 2 is 1.71 bits per heavy atom. The number of anilines is 1. The van der Waals surface area contributed by atoms with E-state index in [1.807, 2.05) is 16.6 Å². The third kappa shape index (κ3) is 7.72. The fourth-order valence-corrected chi connectivity index (χ4v) is 6.12. The summed E-state index contributed by atoms with van der Waals surface area (Å²) >= 11 is 1.67. The van der Waals surface area contributed by atoms with Crippen molar-refractivity contribution < 1.29 is 42.9 Å². The molecule has 1 saturated heterocycles. The van der Waals surface area contributed by atoms with Crippen LogP contribution in [0.3, 0.4) is 0 Å². The highest BCUT2D eigenvalue weighted by atomic mass is 32.1. The lowest BCUT2D eigenvalue weighted by molar-refractivity contribution is -0.00877. The maximum absolute atomic E-state index is 8.88. The van der Waals surface area contributed by atoms with Gasteiger partial charge in [0.25, 0.3) is 5.88 Å². The number of thiazole rings is 1. The molecule has 14 heteroatoms. The fraction of sp³-hybridized carbons (Fsp3) is 0.593. The first-order chi connectivity index (χ1) is 19.7. The number of benzene rings is 1. The van der Waals surface area contributed by atoms with E-state index in [0.717, 1.165) is 90.7 Å². The Balaban J connectivity index is 0.000000714. The van der Waals surface area contributed by atoms with Crippen molar-refractivity contribution in [3.63, 3.8) is 0 Å². The van der Waals surface area contributed by atoms with E-state index in [2.05, 4.69) is 17.2 Å². The normalized spacial score (nSPS) is 16.2. The third-order valence-electron chi connectivity index (χ3n) is 7.24. The van der Waals surface area contributed by atoms with Crippen molar-refractivity contribution >= 4 is 29.7 Å². The molecule has 0 bridgehead atoms. The van der Waals surface area contributed by atoms with Gasteiger partial charge in [0.05, 0.1) is 45.3 Å². The number of hydrogen-bond acceptors (Lipinski definition) is 9. The minimum atomic E-state index is -4.64. The van der Waals surface area contributed by atoms with Crippen molar-refractivity contribution in [2.75, 3.05) is 46.0 Å². The number of hydrogen-bond donors (Lipinski definition) is 3. The van der Waals surface area contributed by atoms with Crippen LogP contribution in [0.1, 0.15) is 51.0 Å². The molecule has 41 heavy (non-hydrogen) atoms. The van der Waals surface area contributed by atoms with Crippen LogP contribution >= 0.6 is 19.2 Å². The van der Waals surface area contributed by atoms with E-state index in [9.17, 15) is 0 Å². The molecule has 0 atom stereocenters. The van der Waals surface area contributed by atoms with Crippen LogP contribution in [0.2, 0.25) is 0 Å². The van der Waals surface area contributed by atoms with Gasteiger partial charge in [-0.3, -0.25) is 0 Å². The van der Waals surface area contributed by atoms with E-state index in [0.29, 0.717) is 24.6 Å².